The molecular formula is C22H31O4P. The number of carbonyl (C=O) groups excluding carboxylic acids is 1. The summed E-state index contributed by atoms with van der Waals surface area (Å²) in [6.45, 7) is 10.1. The monoisotopic (exact) mass is 390 g/mol. The fourth-order valence-corrected chi connectivity index (χ4v) is 3.93. The molecule has 0 spiro atoms. The Balaban J connectivity index is 1.60. The van der Waals surface area contributed by atoms with E-state index in [1.54, 1.807) is 0 Å². The van der Waals surface area contributed by atoms with Crippen LogP contribution in [0, 0.1) is 5.41 Å². The second kappa shape index (κ2) is 10.6. The van der Waals surface area contributed by atoms with Gasteiger partial charge in [0.2, 0.25) is 0 Å². The lowest BCUT2D eigenvalue weighted by Gasteiger charge is -2.23. The third-order valence-electron chi connectivity index (χ3n) is 4.14. The molecule has 2 atom stereocenters. The van der Waals surface area contributed by atoms with Crippen molar-refractivity contribution in [2.24, 2.45) is 5.41 Å². The van der Waals surface area contributed by atoms with E-state index in [0.717, 1.165) is 17.6 Å². The molecule has 0 aliphatic rings. The minimum absolute atomic E-state index is 0.0127. The summed E-state index contributed by atoms with van der Waals surface area (Å²) in [5.74, 6) is 0.722. The largest absolute Gasteiger partial charge is 0.491 e. The number of esters is 1. The normalized spacial score (nSPS) is 13.2. The quantitative estimate of drug-likeness (QED) is 0.329. The first-order valence-corrected chi connectivity index (χ1v) is 11.0. The Bertz CT molecular complexity index is 724. The lowest BCUT2D eigenvalue weighted by Crippen LogP contribution is -2.26. The Morgan fingerprint density at radius 2 is 1.70 bits per heavy atom. The van der Waals surface area contributed by atoms with Gasteiger partial charge in [-0.15, -0.1) is 8.58 Å². The maximum absolute atomic E-state index is 12.1. The molecule has 4 nitrogen and oxygen atoms in total. The zero-order valence-corrected chi connectivity index (χ0v) is 17.8. The highest BCUT2D eigenvalue weighted by molar-refractivity contribution is 7.39. The van der Waals surface area contributed by atoms with Crippen molar-refractivity contribution in [3.8, 4) is 5.75 Å². The number of benzene rings is 2. The fraction of sp³-hybridized carbons (Fsp3) is 0.500. The van der Waals surface area contributed by atoms with E-state index >= 15 is 0 Å². The molecule has 0 aromatic heterocycles. The lowest BCUT2D eigenvalue weighted by atomic mass is 9.90. The van der Waals surface area contributed by atoms with Crippen LogP contribution in [-0.4, -0.2) is 44.7 Å². The molecule has 2 aromatic carbocycles. The zero-order valence-electron chi connectivity index (χ0n) is 16.8. The van der Waals surface area contributed by atoms with Gasteiger partial charge in [-0.2, -0.15) is 0 Å². The average molecular weight is 390 g/mol. The van der Waals surface area contributed by atoms with Crippen molar-refractivity contribution in [1.82, 2.24) is 0 Å². The van der Waals surface area contributed by atoms with Gasteiger partial charge in [0.15, 0.2) is 0 Å². The third kappa shape index (κ3) is 7.86. The Hall–Kier alpha value is -1.64. The Morgan fingerprint density at radius 3 is 2.41 bits per heavy atom. The molecule has 0 aliphatic heterocycles. The summed E-state index contributed by atoms with van der Waals surface area (Å²) < 4.78 is 16.6. The second-order valence-corrected chi connectivity index (χ2v) is 9.02. The first-order valence-electron chi connectivity index (χ1n) is 9.42. The van der Waals surface area contributed by atoms with Crippen LogP contribution >= 0.6 is 8.58 Å². The van der Waals surface area contributed by atoms with Gasteiger partial charge in [0, 0.05) is 0 Å². The van der Waals surface area contributed by atoms with Gasteiger partial charge in [0.1, 0.15) is 19.0 Å². The topological polar surface area (TPSA) is 44.8 Å². The van der Waals surface area contributed by atoms with Crippen LogP contribution in [0.4, 0.5) is 0 Å². The van der Waals surface area contributed by atoms with Crippen LogP contribution in [0.2, 0.25) is 0 Å². The van der Waals surface area contributed by atoms with Crippen LogP contribution in [0.15, 0.2) is 42.5 Å². The molecule has 2 rings (SSSR count). The van der Waals surface area contributed by atoms with Gasteiger partial charge in [-0.05, 0) is 41.4 Å². The molecule has 0 bridgehead atoms. The molecule has 0 N–H and O–H groups in total. The summed E-state index contributed by atoms with van der Waals surface area (Å²) >= 11 is 0. The summed E-state index contributed by atoms with van der Waals surface area (Å²) in [7, 11) is 0.556. The summed E-state index contributed by atoms with van der Waals surface area (Å²) in [4.78, 5) is 12.1. The molecule has 0 saturated heterocycles. The molecule has 0 saturated carbocycles. The fourth-order valence-electron chi connectivity index (χ4n) is 2.80. The van der Waals surface area contributed by atoms with Crippen LogP contribution < -0.4 is 4.74 Å². The highest BCUT2D eigenvalue weighted by Crippen LogP contribution is 2.30. The smallest absolute Gasteiger partial charge is 0.313 e. The maximum atomic E-state index is 12.1. The lowest BCUT2D eigenvalue weighted by molar-refractivity contribution is -0.145. The number of hydrogen-bond donors (Lipinski definition) is 0. The van der Waals surface area contributed by atoms with Gasteiger partial charge in [0.05, 0.1) is 18.9 Å². The van der Waals surface area contributed by atoms with E-state index in [4.69, 9.17) is 14.2 Å². The molecule has 148 valence electrons. The van der Waals surface area contributed by atoms with E-state index in [1.165, 1.54) is 5.39 Å². The Kier molecular flexibility index (Phi) is 8.53. The van der Waals surface area contributed by atoms with E-state index < -0.39 is 0 Å². The van der Waals surface area contributed by atoms with E-state index in [2.05, 4.69) is 39.6 Å². The van der Waals surface area contributed by atoms with Crippen LogP contribution in [0.1, 0.15) is 27.2 Å². The number of rotatable bonds is 10. The summed E-state index contributed by atoms with van der Waals surface area (Å²) in [5, 5.41) is 2.35. The number of hydrogen-bond acceptors (Lipinski definition) is 4. The highest BCUT2D eigenvalue weighted by atomic mass is 31.1. The van der Waals surface area contributed by atoms with Crippen molar-refractivity contribution in [3.63, 3.8) is 0 Å². The van der Waals surface area contributed by atoms with Gasteiger partial charge in [-0.25, -0.2) is 0 Å². The zero-order chi connectivity index (χ0) is 19.7. The van der Waals surface area contributed by atoms with Crippen molar-refractivity contribution in [2.75, 3.05) is 33.1 Å². The van der Waals surface area contributed by atoms with Gasteiger partial charge in [-0.1, -0.05) is 51.1 Å². The van der Waals surface area contributed by atoms with Gasteiger partial charge >= 0.3 is 5.97 Å². The number of carbonyl (C=O) groups is 1. The van der Waals surface area contributed by atoms with E-state index in [-0.39, 0.29) is 17.0 Å². The summed E-state index contributed by atoms with van der Waals surface area (Å²) in [6.07, 6.45) is 0.848. The third-order valence-corrected chi connectivity index (χ3v) is 5.28. The van der Waals surface area contributed by atoms with Crippen LogP contribution in [0.25, 0.3) is 10.8 Å². The minimum Gasteiger partial charge on any atom is -0.491 e. The van der Waals surface area contributed by atoms with Crippen molar-refractivity contribution in [3.05, 3.63) is 42.5 Å². The molecule has 2 aromatic rings. The first-order chi connectivity index (χ1) is 12.9. The molecule has 0 heterocycles. The van der Waals surface area contributed by atoms with Crippen LogP contribution in [0.5, 0.6) is 5.75 Å². The minimum atomic E-state index is -0.109. The molecule has 0 fully saturated rings. The van der Waals surface area contributed by atoms with E-state index in [9.17, 15) is 4.79 Å². The highest BCUT2D eigenvalue weighted by Gasteiger charge is 2.24. The molecule has 0 amide bonds. The second-order valence-electron chi connectivity index (χ2n) is 7.74. The van der Waals surface area contributed by atoms with Crippen molar-refractivity contribution in [2.45, 2.75) is 32.9 Å². The average Bonchev–Trinajstić information content (AvgIpc) is 2.64. The van der Waals surface area contributed by atoms with Crippen LogP contribution in [0.3, 0.4) is 0 Å². The molecule has 2 unspecified atom stereocenters. The van der Waals surface area contributed by atoms with Gasteiger partial charge < -0.3 is 14.2 Å². The Labute approximate surface area is 164 Å². The Morgan fingerprint density at radius 1 is 1.00 bits per heavy atom. The molecule has 0 aliphatic carbocycles. The van der Waals surface area contributed by atoms with Crippen molar-refractivity contribution < 1.29 is 19.0 Å². The summed E-state index contributed by atoms with van der Waals surface area (Å²) in [5.41, 5.74) is 0.116. The van der Waals surface area contributed by atoms with Crippen molar-refractivity contribution >= 4 is 25.3 Å². The molecular weight excluding hydrogens is 359 g/mol. The predicted octanol–water partition coefficient (Wildman–Crippen LogP) is 4.89. The van der Waals surface area contributed by atoms with E-state index in [1.807, 2.05) is 30.3 Å². The van der Waals surface area contributed by atoms with Gasteiger partial charge in [0.25, 0.3) is 0 Å². The van der Waals surface area contributed by atoms with Crippen LogP contribution in [-0.2, 0) is 14.3 Å². The molecule has 27 heavy (non-hydrogen) atoms. The van der Waals surface area contributed by atoms with Gasteiger partial charge in [-0.3, -0.25) is 4.79 Å². The first kappa shape index (κ1) is 21.7. The predicted molar refractivity (Wildman–Crippen MR) is 113 cm³/mol. The van der Waals surface area contributed by atoms with Crippen molar-refractivity contribution in [1.29, 1.82) is 0 Å². The maximum Gasteiger partial charge on any atom is 0.313 e. The van der Waals surface area contributed by atoms with E-state index in [0.29, 0.717) is 35.0 Å². The summed E-state index contributed by atoms with van der Waals surface area (Å²) in [6, 6.07) is 14.2. The number of ether oxygens (including phenoxy) is 3. The molecule has 5 heteroatoms. The molecule has 0 radical (unpaired) electrons. The SMILES string of the molecule is CPC(CC(C)(C)C)C(=O)OCCOCCOc1ccc2ccccc2c1. The number of fused-ring (bicyclic) bond motifs is 1. The standard InChI is InChI=1S/C22H31O4P/c1-22(2,3)16-20(27-4)21(23)26-14-12-24-11-13-25-19-10-9-17-7-5-6-8-18(17)15-19/h5-10,15,20,27H,11-14,16H2,1-4H3.